The zero-order valence-electron chi connectivity index (χ0n) is 11.0. The summed E-state index contributed by atoms with van der Waals surface area (Å²) in [6, 6.07) is 1.99. The van der Waals surface area contributed by atoms with E-state index in [2.05, 4.69) is 30.4 Å². The van der Waals surface area contributed by atoms with Gasteiger partial charge in [0, 0.05) is 12.6 Å². The minimum absolute atomic E-state index is 0.674. The summed E-state index contributed by atoms with van der Waals surface area (Å²) < 4.78 is 5.18. The molecule has 1 aliphatic rings. The first kappa shape index (κ1) is 12.4. The lowest BCUT2D eigenvalue weighted by atomic mass is 9.80. The van der Waals surface area contributed by atoms with Gasteiger partial charge in [0.1, 0.15) is 0 Å². The van der Waals surface area contributed by atoms with Crippen LogP contribution in [-0.2, 0) is 6.54 Å². The second-order valence-corrected chi connectivity index (χ2v) is 5.17. The summed E-state index contributed by atoms with van der Waals surface area (Å²) in [5, 5.41) is 7.36. The fourth-order valence-corrected chi connectivity index (χ4v) is 2.59. The largest absolute Gasteiger partial charge is 0.360 e. The third-order valence-corrected chi connectivity index (χ3v) is 3.70. The molecule has 2 atom stereocenters. The van der Waals surface area contributed by atoms with Crippen LogP contribution in [0.25, 0.3) is 0 Å². The molecule has 3 nitrogen and oxygen atoms in total. The van der Waals surface area contributed by atoms with Crippen molar-refractivity contribution in [1.29, 1.82) is 0 Å². The van der Waals surface area contributed by atoms with E-state index in [0.717, 1.165) is 30.5 Å². The van der Waals surface area contributed by atoms with Crippen molar-refractivity contribution in [2.45, 2.75) is 40.2 Å². The summed E-state index contributed by atoms with van der Waals surface area (Å²) in [6.07, 6.45) is 4.93. The summed E-state index contributed by atoms with van der Waals surface area (Å²) in [5.41, 5.74) is 2.48. The van der Waals surface area contributed by atoms with Gasteiger partial charge in [0.05, 0.1) is 12.2 Å². The second kappa shape index (κ2) is 5.50. The fraction of sp³-hybridized carbons (Fsp3) is 0.643. The molecule has 1 aromatic heterocycles. The van der Waals surface area contributed by atoms with Crippen LogP contribution in [0.2, 0.25) is 0 Å². The first-order chi connectivity index (χ1) is 8.16. The maximum atomic E-state index is 5.18. The summed E-state index contributed by atoms with van der Waals surface area (Å²) in [6.45, 7) is 8.35. The third-order valence-electron chi connectivity index (χ3n) is 3.70. The zero-order chi connectivity index (χ0) is 12.3. The predicted octanol–water partition coefficient (Wildman–Crippen LogP) is 3.07. The van der Waals surface area contributed by atoms with Gasteiger partial charge < -0.3 is 9.84 Å². The molecule has 3 heteroatoms. The van der Waals surface area contributed by atoms with Gasteiger partial charge in [-0.2, -0.15) is 0 Å². The van der Waals surface area contributed by atoms with Crippen molar-refractivity contribution in [2.75, 3.05) is 6.54 Å². The van der Waals surface area contributed by atoms with Gasteiger partial charge in [-0.05, 0) is 38.5 Å². The molecule has 0 saturated heterocycles. The van der Waals surface area contributed by atoms with E-state index in [1.807, 2.05) is 13.0 Å². The summed E-state index contributed by atoms with van der Waals surface area (Å²) in [7, 11) is 0. The number of nitrogens with zero attached hydrogens (tertiary/aromatic N) is 1. The number of allylic oxidation sites excluding steroid dienone is 1. The lowest BCUT2D eigenvalue weighted by Gasteiger charge is -2.28. The maximum Gasteiger partial charge on any atom is 0.150 e. The molecular weight excluding hydrogens is 212 g/mol. The Balaban J connectivity index is 1.81. The minimum atomic E-state index is 0.674. The van der Waals surface area contributed by atoms with Crippen molar-refractivity contribution in [3.05, 3.63) is 29.2 Å². The first-order valence-corrected chi connectivity index (χ1v) is 6.46. The molecule has 1 heterocycles. The molecule has 1 N–H and O–H groups in total. The topological polar surface area (TPSA) is 38.1 Å². The monoisotopic (exact) mass is 234 g/mol. The smallest absolute Gasteiger partial charge is 0.150 e. The van der Waals surface area contributed by atoms with Gasteiger partial charge in [-0.15, -0.1) is 0 Å². The number of aryl methyl sites for hydroxylation is 1. The third kappa shape index (κ3) is 3.19. The van der Waals surface area contributed by atoms with E-state index in [4.69, 9.17) is 4.52 Å². The number of hydrogen-bond acceptors (Lipinski definition) is 3. The fourth-order valence-electron chi connectivity index (χ4n) is 2.59. The van der Waals surface area contributed by atoms with Crippen molar-refractivity contribution in [2.24, 2.45) is 11.8 Å². The van der Waals surface area contributed by atoms with Crippen LogP contribution in [0.3, 0.4) is 0 Å². The first-order valence-electron chi connectivity index (χ1n) is 6.46. The Labute approximate surface area is 103 Å². The molecule has 0 aliphatic heterocycles. The van der Waals surface area contributed by atoms with Crippen LogP contribution in [0.5, 0.6) is 0 Å². The number of hydrogen-bond donors (Lipinski definition) is 1. The summed E-state index contributed by atoms with van der Waals surface area (Å²) >= 11 is 0. The van der Waals surface area contributed by atoms with Crippen molar-refractivity contribution < 1.29 is 4.52 Å². The van der Waals surface area contributed by atoms with Crippen LogP contribution in [0, 0.1) is 18.8 Å². The normalized spacial score (nSPS) is 24.8. The lowest BCUT2D eigenvalue weighted by Crippen LogP contribution is -2.29. The van der Waals surface area contributed by atoms with Crippen LogP contribution in [0.1, 0.15) is 38.1 Å². The molecule has 1 aromatic rings. The number of aromatic nitrogens is 1. The van der Waals surface area contributed by atoms with Crippen molar-refractivity contribution >= 4 is 0 Å². The predicted molar refractivity (Wildman–Crippen MR) is 68.6 cm³/mol. The lowest BCUT2D eigenvalue weighted by molar-refractivity contribution is 0.331. The van der Waals surface area contributed by atoms with Gasteiger partial charge >= 0.3 is 0 Å². The SMILES string of the molecule is CC1=CCC[C@H](C)[C@@H]1CNCc1cc(C)no1. The van der Waals surface area contributed by atoms with Gasteiger partial charge in [0.15, 0.2) is 5.76 Å². The molecule has 0 bridgehead atoms. The Morgan fingerprint density at radius 2 is 2.29 bits per heavy atom. The number of nitrogens with one attached hydrogen (secondary N) is 1. The molecule has 0 radical (unpaired) electrons. The van der Waals surface area contributed by atoms with E-state index in [1.54, 1.807) is 0 Å². The molecule has 0 fully saturated rings. The Kier molecular flexibility index (Phi) is 4.00. The van der Waals surface area contributed by atoms with E-state index >= 15 is 0 Å². The molecule has 94 valence electrons. The number of rotatable bonds is 4. The van der Waals surface area contributed by atoms with E-state index in [-0.39, 0.29) is 0 Å². The van der Waals surface area contributed by atoms with Gasteiger partial charge in [-0.1, -0.05) is 23.7 Å². The van der Waals surface area contributed by atoms with Crippen molar-refractivity contribution in [3.63, 3.8) is 0 Å². The molecule has 2 rings (SSSR count). The minimum Gasteiger partial charge on any atom is -0.360 e. The highest BCUT2D eigenvalue weighted by molar-refractivity contribution is 5.09. The molecule has 1 aliphatic carbocycles. The second-order valence-electron chi connectivity index (χ2n) is 5.17. The Morgan fingerprint density at radius 3 is 2.94 bits per heavy atom. The molecule has 0 aromatic carbocycles. The highest BCUT2D eigenvalue weighted by atomic mass is 16.5. The van der Waals surface area contributed by atoms with Crippen LogP contribution in [0.15, 0.2) is 22.2 Å². The molecule has 0 amide bonds. The molecular formula is C14H22N2O. The molecule has 0 saturated carbocycles. The summed E-state index contributed by atoms with van der Waals surface area (Å²) in [4.78, 5) is 0. The Morgan fingerprint density at radius 1 is 1.47 bits per heavy atom. The van der Waals surface area contributed by atoms with Crippen LogP contribution >= 0.6 is 0 Å². The van der Waals surface area contributed by atoms with Crippen molar-refractivity contribution in [1.82, 2.24) is 10.5 Å². The van der Waals surface area contributed by atoms with Gasteiger partial charge in [0.25, 0.3) is 0 Å². The molecule has 17 heavy (non-hydrogen) atoms. The molecule has 0 spiro atoms. The summed E-state index contributed by atoms with van der Waals surface area (Å²) in [5.74, 6) is 2.38. The highest BCUT2D eigenvalue weighted by Gasteiger charge is 2.21. The molecule has 0 unspecified atom stereocenters. The van der Waals surface area contributed by atoms with E-state index < -0.39 is 0 Å². The zero-order valence-corrected chi connectivity index (χ0v) is 11.0. The van der Waals surface area contributed by atoms with Crippen LogP contribution < -0.4 is 5.32 Å². The van der Waals surface area contributed by atoms with Gasteiger partial charge in [-0.25, -0.2) is 0 Å². The quantitative estimate of drug-likeness (QED) is 0.814. The Bertz CT molecular complexity index is 395. The van der Waals surface area contributed by atoms with E-state index in [9.17, 15) is 0 Å². The van der Waals surface area contributed by atoms with Crippen LogP contribution in [0.4, 0.5) is 0 Å². The highest BCUT2D eigenvalue weighted by Crippen LogP contribution is 2.29. The van der Waals surface area contributed by atoms with E-state index in [1.165, 1.54) is 18.4 Å². The van der Waals surface area contributed by atoms with Gasteiger partial charge in [0.2, 0.25) is 0 Å². The van der Waals surface area contributed by atoms with E-state index in [0.29, 0.717) is 5.92 Å². The standard InChI is InChI=1S/C14H22N2O/c1-10-5-4-6-11(2)14(10)9-15-8-13-7-12(3)16-17-13/h5,7,11,14-15H,4,6,8-9H2,1-3H3/t11-,14+/m0/s1. The average Bonchev–Trinajstić information content (AvgIpc) is 2.69. The van der Waals surface area contributed by atoms with Crippen LogP contribution in [-0.4, -0.2) is 11.7 Å². The average molecular weight is 234 g/mol. The van der Waals surface area contributed by atoms with Gasteiger partial charge in [-0.3, -0.25) is 0 Å². The maximum absolute atomic E-state index is 5.18. The van der Waals surface area contributed by atoms with Crippen molar-refractivity contribution in [3.8, 4) is 0 Å². The Hall–Kier alpha value is -1.09.